The van der Waals surface area contributed by atoms with Crippen molar-refractivity contribution in [1.29, 1.82) is 0 Å². The molecule has 2 aromatic rings. The lowest BCUT2D eigenvalue weighted by Crippen LogP contribution is -2.03. The van der Waals surface area contributed by atoms with E-state index in [1.165, 1.54) is 0 Å². The molecule has 0 unspecified atom stereocenters. The fraction of sp³-hybridized carbons (Fsp3) is 0.188. The monoisotopic (exact) mass is 256 g/mol. The number of methoxy groups -OCH3 is 1. The smallest absolute Gasteiger partial charge is 0.336 e. The first-order chi connectivity index (χ1) is 9.02. The van der Waals surface area contributed by atoms with Crippen LogP contribution in [-0.4, -0.2) is 18.2 Å². The lowest BCUT2D eigenvalue weighted by atomic mass is 9.95. The summed E-state index contributed by atoms with van der Waals surface area (Å²) in [7, 11) is 1.63. The first-order valence-electron chi connectivity index (χ1n) is 6.02. The maximum absolute atomic E-state index is 11.2. The molecule has 0 saturated heterocycles. The molecule has 1 N–H and O–H groups in total. The molecule has 19 heavy (non-hydrogen) atoms. The summed E-state index contributed by atoms with van der Waals surface area (Å²) in [6.45, 7) is 3.65. The Kier molecular flexibility index (Phi) is 3.56. The van der Waals surface area contributed by atoms with Gasteiger partial charge in [0.2, 0.25) is 0 Å². The number of aromatic carboxylic acids is 1. The Morgan fingerprint density at radius 1 is 1.00 bits per heavy atom. The Hall–Kier alpha value is -2.29. The van der Waals surface area contributed by atoms with Crippen molar-refractivity contribution in [2.24, 2.45) is 0 Å². The Morgan fingerprint density at radius 3 is 1.95 bits per heavy atom. The van der Waals surface area contributed by atoms with E-state index in [2.05, 4.69) is 0 Å². The van der Waals surface area contributed by atoms with Gasteiger partial charge in [-0.1, -0.05) is 24.3 Å². The highest BCUT2D eigenvalue weighted by atomic mass is 16.5. The van der Waals surface area contributed by atoms with Crippen LogP contribution in [0.3, 0.4) is 0 Å². The highest BCUT2D eigenvalue weighted by Crippen LogP contribution is 2.26. The van der Waals surface area contributed by atoms with Gasteiger partial charge >= 0.3 is 5.97 Å². The van der Waals surface area contributed by atoms with Crippen LogP contribution in [0.2, 0.25) is 0 Å². The van der Waals surface area contributed by atoms with Crippen LogP contribution in [0.5, 0.6) is 5.75 Å². The Bertz CT molecular complexity index is 589. The van der Waals surface area contributed by atoms with Crippen molar-refractivity contribution in [3.05, 3.63) is 53.1 Å². The van der Waals surface area contributed by atoms with Crippen LogP contribution in [0.15, 0.2) is 36.4 Å². The maximum Gasteiger partial charge on any atom is 0.336 e. The summed E-state index contributed by atoms with van der Waals surface area (Å²) in [6.07, 6.45) is 0. The first-order valence-corrected chi connectivity index (χ1v) is 6.02. The van der Waals surface area contributed by atoms with Crippen LogP contribution in [0, 0.1) is 13.8 Å². The topological polar surface area (TPSA) is 46.5 Å². The molecule has 0 aromatic heterocycles. The molecule has 0 bridgehead atoms. The lowest BCUT2D eigenvalue weighted by Gasteiger charge is -2.10. The molecule has 0 spiro atoms. The molecule has 0 fully saturated rings. The molecular formula is C16H16O3. The molecule has 3 nitrogen and oxygen atoms in total. The van der Waals surface area contributed by atoms with E-state index in [1.54, 1.807) is 7.11 Å². The summed E-state index contributed by atoms with van der Waals surface area (Å²) < 4.78 is 5.13. The summed E-state index contributed by atoms with van der Waals surface area (Å²) in [5.74, 6) is -0.0735. The van der Waals surface area contributed by atoms with Gasteiger partial charge in [0.15, 0.2) is 0 Å². The van der Waals surface area contributed by atoms with Crippen molar-refractivity contribution in [3.63, 3.8) is 0 Å². The number of hydrogen-bond acceptors (Lipinski definition) is 2. The number of benzene rings is 2. The van der Waals surface area contributed by atoms with Crippen molar-refractivity contribution in [2.75, 3.05) is 7.11 Å². The minimum absolute atomic E-state index is 0.386. The molecule has 0 radical (unpaired) electrons. The minimum Gasteiger partial charge on any atom is -0.497 e. The van der Waals surface area contributed by atoms with Gasteiger partial charge in [-0.15, -0.1) is 0 Å². The molecule has 0 amide bonds. The Morgan fingerprint density at radius 2 is 1.53 bits per heavy atom. The van der Waals surface area contributed by atoms with Gasteiger partial charge in [0.05, 0.1) is 12.7 Å². The quantitative estimate of drug-likeness (QED) is 0.911. The van der Waals surface area contributed by atoms with E-state index in [0.717, 1.165) is 28.0 Å². The van der Waals surface area contributed by atoms with Gasteiger partial charge in [-0.25, -0.2) is 4.79 Å². The molecule has 98 valence electrons. The van der Waals surface area contributed by atoms with E-state index >= 15 is 0 Å². The second-order valence-corrected chi connectivity index (χ2v) is 4.52. The molecule has 0 aliphatic carbocycles. The van der Waals surface area contributed by atoms with Crippen molar-refractivity contribution in [2.45, 2.75) is 13.8 Å². The van der Waals surface area contributed by atoms with Gasteiger partial charge in [-0.2, -0.15) is 0 Å². The molecule has 0 saturated carbocycles. The van der Waals surface area contributed by atoms with Crippen LogP contribution in [0.4, 0.5) is 0 Å². The van der Waals surface area contributed by atoms with Crippen molar-refractivity contribution in [3.8, 4) is 16.9 Å². The molecule has 2 aromatic carbocycles. The third kappa shape index (κ3) is 2.60. The van der Waals surface area contributed by atoms with Gasteiger partial charge in [0, 0.05) is 0 Å². The van der Waals surface area contributed by atoms with E-state index in [-0.39, 0.29) is 0 Å². The van der Waals surface area contributed by atoms with Crippen LogP contribution in [0.25, 0.3) is 11.1 Å². The lowest BCUT2D eigenvalue weighted by molar-refractivity contribution is 0.0695. The van der Waals surface area contributed by atoms with Crippen molar-refractivity contribution < 1.29 is 14.6 Å². The zero-order valence-corrected chi connectivity index (χ0v) is 11.2. The summed E-state index contributed by atoms with van der Waals surface area (Å²) in [4.78, 5) is 11.2. The van der Waals surface area contributed by atoms with Crippen LogP contribution >= 0.6 is 0 Å². The summed E-state index contributed by atoms with van der Waals surface area (Å²) in [6, 6.07) is 11.5. The van der Waals surface area contributed by atoms with E-state index < -0.39 is 5.97 Å². The molecule has 0 heterocycles. The van der Waals surface area contributed by atoms with Gasteiger partial charge < -0.3 is 9.84 Å². The fourth-order valence-corrected chi connectivity index (χ4v) is 2.25. The minimum atomic E-state index is -0.878. The van der Waals surface area contributed by atoms with Gasteiger partial charge in [0.1, 0.15) is 5.75 Å². The predicted molar refractivity (Wildman–Crippen MR) is 74.9 cm³/mol. The number of carbonyl (C=O) groups is 1. The predicted octanol–water partition coefficient (Wildman–Crippen LogP) is 3.68. The fourth-order valence-electron chi connectivity index (χ4n) is 2.25. The highest BCUT2D eigenvalue weighted by Gasteiger charge is 2.12. The van der Waals surface area contributed by atoms with E-state index in [4.69, 9.17) is 9.84 Å². The average molecular weight is 256 g/mol. The van der Waals surface area contributed by atoms with Crippen LogP contribution in [0.1, 0.15) is 21.5 Å². The molecule has 0 atom stereocenters. The van der Waals surface area contributed by atoms with Crippen LogP contribution < -0.4 is 4.74 Å². The second kappa shape index (κ2) is 5.14. The van der Waals surface area contributed by atoms with E-state index in [1.807, 2.05) is 50.2 Å². The van der Waals surface area contributed by atoms with Gasteiger partial charge in [-0.05, 0) is 48.2 Å². The largest absolute Gasteiger partial charge is 0.497 e. The summed E-state index contributed by atoms with van der Waals surface area (Å²) in [5, 5.41) is 9.16. The normalized spacial score (nSPS) is 10.3. The average Bonchev–Trinajstić information content (AvgIpc) is 2.37. The number of ether oxygens (including phenoxy) is 1. The third-order valence-corrected chi connectivity index (χ3v) is 3.17. The molecule has 2 rings (SSSR count). The third-order valence-electron chi connectivity index (χ3n) is 3.17. The molecular weight excluding hydrogens is 240 g/mol. The number of carboxylic acids is 1. The molecule has 3 heteroatoms. The maximum atomic E-state index is 11.2. The molecule has 0 aliphatic rings. The second-order valence-electron chi connectivity index (χ2n) is 4.52. The van der Waals surface area contributed by atoms with Gasteiger partial charge in [0.25, 0.3) is 0 Å². The van der Waals surface area contributed by atoms with Crippen molar-refractivity contribution >= 4 is 5.97 Å². The van der Waals surface area contributed by atoms with E-state index in [9.17, 15) is 4.79 Å². The summed E-state index contributed by atoms with van der Waals surface area (Å²) >= 11 is 0. The zero-order valence-electron chi connectivity index (χ0n) is 11.2. The summed E-state index contributed by atoms with van der Waals surface area (Å²) in [5.41, 5.74) is 4.00. The number of carboxylic acid groups (broad SMARTS) is 1. The number of rotatable bonds is 3. The van der Waals surface area contributed by atoms with Gasteiger partial charge in [-0.3, -0.25) is 0 Å². The van der Waals surface area contributed by atoms with E-state index in [0.29, 0.717) is 5.56 Å². The zero-order chi connectivity index (χ0) is 14.0. The Balaban J connectivity index is 2.48. The molecule has 0 aliphatic heterocycles. The Labute approximate surface area is 112 Å². The standard InChI is InChI=1S/C16H16O3/c1-10-8-13(9-11(2)15(10)16(17)18)12-4-6-14(19-3)7-5-12/h4-9H,1-3H3,(H,17,18). The first kappa shape index (κ1) is 13.1. The highest BCUT2D eigenvalue weighted by molar-refractivity contribution is 5.92. The number of hydrogen-bond donors (Lipinski definition) is 1. The number of aryl methyl sites for hydroxylation is 2. The van der Waals surface area contributed by atoms with Crippen LogP contribution in [-0.2, 0) is 0 Å². The SMILES string of the molecule is COc1ccc(-c2cc(C)c(C(=O)O)c(C)c2)cc1. The van der Waals surface area contributed by atoms with Crippen molar-refractivity contribution in [1.82, 2.24) is 0 Å².